The van der Waals surface area contributed by atoms with Crippen molar-refractivity contribution in [3.63, 3.8) is 0 Å². The van der Waals surface area contributed by atoms with E-state index in [-0.39, 0.29) is 5.56 Å². The van der Waals surface area contributed by atoms with E-state index in [1.807, 2.05) is 19.0 Å². The zero-order valence-electron chi connectivity index (χ0n) is 8.14. The number of hydrogen-bond donors (Lipinski definition) is 1. The summed E-state index contributed by atoms with van der Waals surface area (Å²) in [6.45, 7) is 0. The van der Waals surface area contributed by atoms with Crippen LogP contribution in [0, 0.1) is 0 Å². The molecule has 4 heteroatoms. The molecule has 0 saturated carbocycles. The second-order valence-electron chi connectivity index (χ2n) is 3.06. The molecular formula is C10H12N2O2. The Morgan fingerprint density at radius 3 is 2.36 bits per heavy atom. The fourth-order valence-electron chi connectivity index (χ4n) is 0.872. The molecule has 0 amide bonds. The summed E-state index contributed by atoms with van der Waals surface area (Å²) in [4.78, 5) is 16.5. The maximum atomic E-state index is 10.5. The van der Waals surface area contributed by atoms with Crippen LogP contribution in [-0.2, 0) is 0 Å². The summed E-state index contributed by atoms with van der Waals surface area (Å²) in [6, 6.07) is 6.40. The molecule has 0 unspecified atom stereocenters. The Hall–Kier alpha value is -1.84. The van der Waals surface area contributed by atoms with Crippen molar-refractivity contribution in [2.75, 3.05) is 14.1 Å². The molecule has 1 aromatic carbocycles. The van der Waals surface area contributed by atoms with Crippen molar-refractivity contribution >= 4 is 18.0 Å². The third-order valence-electron chi connectivity index (χ3n) is 1.55. The maximum Gasteiger partial charge on any atom is 0.335 e. The normalized spacial score (nSPS) is 10.4. The van der Waals surface area contributed by atoms with Crippen molar-refractivity contribution in [1.29, 1.82) is 0 Å². The number of rotatable bonds is 3. The van der Waals surface area contributed by atoms with E-state index in [0.717, 1.165) is 5.69 Å². The molecule has 1 rings (SSSR count). The molecule has 4 nitrogen and oxygen atoms in total. The van der Waals surface area contributed by atoms with Gasteiger partial charge in [-0.1, -0.05) is 0 Å². The van der Waals surface area contributed by atoms with E-state index >= 15 is 0 Å². The highest BCUT2D eigenvalue weighted by atomic mass is 16.4. The predicted molar refractivity (Wildman–Crippen MR) is 55.2 cm³/mol. The molecule has 0 aliphatic rings. The summed E-state index contributed by atoms with van der Waals surface area (Å²) in [6.07, 6.45) is 1.66. The number of benzene rings is 1. The molecule has 0 fully saturated rings. The average Bonchev–Trinajstić information content (AvgIpc) is 2.15. The molecular weight excluding hydrogens is 180 g/mol. The van der Waals surface area contributed by atoms with Crippen molar-refractivity contribution in [2.45, 2.75) is 0 Å². The fourth-order valence-corrected chi connectivity index (χ4v) is 0.872. The summed E-state index contributed by atoms with van der Waals surface area (Å²) in [7, 11) is 3.74. The van der Waals surface area contributed by atoms with E-state index in [0.29, 0.717) is 0 Å². The van der Waals surface area contributed by atoms with Gasteiger partial charge in [0.15, 0.2) is 0 Å². The monoisotopic (exact) mass is 192 g/mol. The SMILES string of the molecule is CN(C)C=Nc1ccc(C(=O)O)cc1. The van der Waals surface area contributed by atoms with Crippen molar-refractivity contribution in [1.82, 2.24) is 4.90 Å². The second-order valence-corrected chi connectivity index (χ2v) is 3.06. The van der Waals surface area contributed by atoms with Gasteiger partial charge in [0.05, 0.1) is 17.6 Å². The van der Waals surface area contributed by atoms with Crippen LogP contribution in [0.25, 0.3) is 0 Å². The Kier molecular flexibility index (Phi) is 3.23. The molecule has 0 atom stereocenters. The van der Waals surface area contributed by atoms with Gasteiger partial charge < -0.3 is 10.0 Å². The Morgan fingerprint density at radius 2 is 1.93 bits per heavy atom. The van der Waals surface area contributed by atoms with Crippen LogP contribution < -0.4 is 0 Å². The van der Waals surface area contributed by atoms with Crippen molar-refractivity contribution in [2.24, 2.45) is 4.99 Å². The van der Waals surface area contributed by atoms with Crippen LogP contribution in [-0.4, -0.2) is 36.4 Å². The number of aliphatic imine (C=N–C) groups is 1. The molecule has 0 aliphatic carbocycles. The number of nitrogens with zero attached hydrogens (tertiary/aromatic N) is 2. The van der Waals surface area contributed by atoms with Crippen LogP contribution in [0.2, 0.25) is 0 Å². The lowest BCUT2D eigenvalue weighted by Crippen LogP contribution is -2.06. The third kappa shape index (κ3) is 2.90. The first-order valence-corrected chi connectivity index (χ1v) is 4.13. The molecule has 0 aliphatic heterocycles. The number of hydrogen-bond acceptors (Lipinski definition) is 2. The van der Waals surface area contributed by atoms with Crippen LogP contribution in [0.3, 0.4) is 0 Å². The lowest BCUT2D eigenvalue weighted by Gasteiger charge is -2.02. The molecule has 0 spiro atoms. The highest BCUT2D eigenvalue weighted by Gasteiger charge is 2.00. The van der Waals surface area contributed by atoms with Gasteiger partial charge in [-0.15, -0.1) is 0 Å². The topological polar surface area (TPSA) is 52.9 Å². The first-order chi connectivity index (χ1) is 6.59. The maximum absolute atomic E-state index is 10.5. The third-order valence-corrected chi connectivity index (χ3v) is 1.55. The minimum Gasteiger partial charge on any atom is -0.478 e. The zero-order chi connectivity index (χ0) is 10.6. The van der Waals surface area contributed by atoms with Crippen molar-refractivity contribution in [3.8, 4) is 0 Å². The lowest BCUT2D eigenvalue weighted by atomic mass is 10.2. The van der Waals surface area contributed by atoms with Crippen molar-refractivity contribution in [3.05, 3.63) is 29.8 Å². The summed E-state index contributed by atoms with van der Waals surface area (Å²) in [5, 5.41) is 8.65. The highest BCUT2D eigenvalue weighted by molar-refractivity contribution is 5.87. The summed E-state index contributed by atoms with van der Waals surface area (Å²) in [5.74, 6) is -0.923. The van der Waals surface area contributed by atoms with Crippen LogP contribution in [0.1, 0.15) is 10.4 Å². The quantitative estimate of drug-likeness (QED) is 0.584. The van der Waals surface area contributed by atoms with E-state index in [2.05, 4.69) is 4.99 Å². The molecule has 0 heterocycles. The van der Waals surface area contributed by atoms with E-state index in [9.17, 15) is 4.79 Å². The Labute approximate surface area is 82.5 Å². The molecule has 0 saturated heterocycles. The molecule has 74 valence electrons. The van der Waals surface area contributed by atoms with Crippen LogP contribution >= 0.6 is 0 Å². The first-order valence-electron chi connectivity index (χ1n) is 4.13. The minimum absolute atomic E-state index is 0.272. The summed E-state index contributed by atoms with van der Waals surface area (Å²) in [5.41, 5.74) is 1.01. The zero-order valence-corrected chi connectivity index (χ0v) is 8.14. The largest absolute Gasteiger partial charge is 0.478 e. The first kappa shape index (κ1) is 10.2. The second kappa shape index (κ2) is 4.41. The minimum atomic E-state index is -0.923. The average molecular weight is 192 g/mol. The van der Waals surface area contributed by atoms with Crippen LogP contribution in [0.5, 0.6) is 0 Å². The summed E-state index contributed by atoms with van der Waals surface area (Å²) >= 11 is 0. The van der Waals surface area contributed by atoms with Gasteiger partial charge in [-0.2, -0.15) is 0 Å². The van der Waals surface area contributed by atoms with Crippen LogP contribution in [0.4, 0.5) is 5.69 Å². The molecule has 0 aromatic heterocycles. The standard InChI is InChI=1S/C10H12N2O2/c1-12(2)7-11-9-5-3-8(4-6-9)10(13)14/h3-7H,1-2H3,(H,13,14). The molecule has 1 N–H and O–H groups in total. The lowest BCUT2D eigenvalue weighted by molar-refractivity contribution is 0.0697. The summed E-state index contributed by atoms with van der Waals surface area (Å²) < 4.78 is 0. The van der Waals surface area contributed by atoms with Gasteiger partial charge in [-0.3, -0.25) is 0 Å². The highest BCUT2D eigenvalue weighted by Crippen LogP contribution is 2.12. The van der Waals surface area contributed by atoms with Crippen LogP contribution in [0.15, 0.2) is 29.3 Å². The Morgan fingerprint density at radius 1 is 1.36 bits per heavy atom. The number of aromatic carboxylic acids is 1. The van der Waals surface area contributed by atoms with Gasteiger partial charge in [0.25, 0.3) is 0 Å². The van der Waals surface area contributed by atoms with E-state index in [1.165, 1.54) is 12.1 Å². The van der Waals surface area contributed by atoms with Gasteiger partial charge in [-0.05, 0) is 24.3 Å². The molecule has 0 bridgehead atoms. The number of carboxylic acid groups (broad SMARTS) is 1. The molecule has 14 heavy (non-hydrogen) atoms. The predicted octanol–water partition coefficient (Wildman–Crippen LogP) is 1.61. The van der Waals surface area contributed by atoms with Gasteiger partial charge >= 0.3 is 5.97 Å². The van der Waals surface area contributed by atoms with E-state index < -0.39 is 5.97 Å². The van der Waals surface area contributed by atoms with E-state index in [1.54, 1.807) is 18.5 Å². The number of carbonyl (C=O) groups is 1. The van der Waals surface area contributed by atoms with Gasteiger partial charge in [-0.25, -0.2) is 9.79 Å². The van der Waals surface area contributed by atoms with E-state index in [4.69, 9.17) is 5.11 Å². The molecule has 1 aromatic rings. The van der Waals surface area contributed by atoms with Crippen molar-refractivity contribution < 1.29 is 9.90 Å². The Balaban J connectivity index is 2.78. The molecule has 0 radical (unpaired) electrons. The smallest absolute Gasteiger partial charge is 0.335 e. The Bertz CT molecular complexity index is 342. The van der Waals surface area contributed by atoms with Gasteiger partial charge in [0.2, 0.25) is 0 Å². The number of carboxylic acids is 1. The fraction of sp³-hybridized carbons (Fsp3) is 0.200. The van der Waals surface area contributed by atoms with Gasteiger partial charge in [0.1, 0.15) is 0 Å². The van der Waals surface area contributed by atoms with Gasteiger partial charge in [0, 0.05) is 14.1 Å².